The summed E-state index contributed by atoms with van der Waals surface area (Å²) in [5.41, 5.74) is -0.648. The molecule has 3 rings (SSSR count). The number of carbonyl (C=O) groups excluding carboxylic acids is 2. The number of benzene rings is 1. The SMILES string of the molecule is CN1C(=O)N(CCOc2ccc(F)cc2)C(=O)C12CCCCC2. The van der Waals surface area contributed by atoms with Crippen molar-refractivity contribution < 1.29 is 18.7 Å². The Hall–Kier alpha value is -2.11. The van der Waals surface area contributed by atoms with Gasteiger partial charge in [0.2, 0.25) is 0 Å². The summed E-state index contributed by atoms with van der Waals surface area (Å²) in [4.78, 5) is 28.0. The zero-order valence-corrected chi connectivity index (χ0v) is 13.3. The fourth-order valence-electron chi connectivity index (χ4n) is 3.51. The van der Waals surface area contributed by atoms with Crippen LogP contribution in [0.4, 0.5) is 9.18 Å². The Morgan fingerprint density at radius 1 is 1.13 bits per heavy atom. The summed E-state index contributed by atoms with van der Waals surface area (Å²) in [7, 11) is 1.71. The van der Waals surface area contributed by atoms with Crippen molar-refractivity contribution in [2.24, 2.45) is 0 Å². The van der Waals surface area contributed by atoms with Gasteiger partial charge in [-0.1, -0.05) is 19.3 Å². The molecule has 1 saturated heterocycles. The molecule has 1 aliphatic carbocycles. The molecule has 2 aliphatic rings. The van der Waals surface area contributed by atoms with Crippen molar-refractivity contribution >= 4 is 11.9 Å². The smallest absolute Gasteiger partial charge is 0.327 e. The molecule has 124 valence electrons. The zero-order valence-electron chi connectivity index (χ0n) is 13.3. The number of imide groups is 1. The highest BCUT2D eigenvalue weighted by atomic mass is 19.1. The van der Waals surface area contributed by atoms with Crippen molar-refractivity contribution in [3.8, 4) is 5.75 Å². The van der Waals surface area contributed by atoms with E-state index in [9.17, 15) is 14.0 Å². The Labute approximate surface area is 135 Å². The van der Waals surface area contributed by atoms with E-state index in [0.717, 1.165) is 32.1 Å². The molecule has 5 nitrogen and oxygen atoms in total. The molecule has 0 N–H and O–H groups in total. The van der Waals surface area contributed by atoms with Crippen LogP contribution >= 0.6 is 0 Å². The highest BCUT2D eigenvalue weighted by molar-refractivity contribution is 6.06. The first-order valence-electron chi connectivity index (χ1n) is 8.03. The highest BCUT2D eigenvalue weighted by Gasteiger charge is 2.55. The van der Waals surface area contributed by atoms with Crippen LogP contribution in [-0.4, -0.2) is 47.5 Å². The predicted molar refractivity (Wildman–Crippen MR) is 82.6 cm³/mol. The zero-order chi connectivity index (χ0) is 16.4. The van der Waals surface area contributed by atoms with Crippen LogP contribution in [0.5, 0.6) is 5.75 Å². The maximum Gasteiger partial charge on any atom is 0.327 e. The third-order valence-electron chi connectivity index (χ3n) is 4.88. The molecule has 2 fully saturated rings. The van der Waals surface area contributed by atoms with Crippen molar-refractivity contribution in [1.29, 1.82) is 0 Å². The van der Waals surface area contributed by atoms with E-state index in [0.29, 0.717) is 5.75 Å². The summed E-state index contributed by atoms with van der Waals surface area (Å²) in [6, 6.07) is 5.42. The minimum absolute atomic E-state index is 0.104. The number of ether oxygens (including phenoxy) is 1. The van der Waals surface area contributed by atoms with E-state index >= 15 is 0 Å². The number of rotatable bonds is 4. The average Bonchev–Trinajstić information content (AvgIpc) is 2.73. The first kappa shape index (κ1) is 15.8. The van der Waals surface area contributed by atoms with Crippen LogP contribution in [0.3, 0.4) is 0 Å². The van der Waals surface area contributed by atoms with Gasteiger partial charge in [-0.25, -0.2) is 9.18 Å². The van der Waals surface area contributed by atoms with Crippen molar-refractivity contribution in [2.75, 3.05) is 20.2 Å². The van der Waals surface area contributed by atoms with Crippen LogP contribution in [0.25, 0.3) is 0 Å². The first-order chi connectivity index (χ1) is 11.0. The summed E-state index contributed by atoms with van der Waals surface area (Å²) in [6.45, 7) is 0.411. The van der Waals surface area contributed by atoms with Crippen molar-refractivity contribution in [2.45, 2.75) is 37.6 Å². The van der Waals surface area contributed by atoms with Crippen LogP contribution in [0.1, 0.15) is 32.1 Å². The third kappa shape index (κ3) is 2.78. The molecule has 1 spiro atoms. The van der Waals surface area contributed by atoms with Gasteiger partial charge in [0.1, 0.15) is 23.7 Å². The van der Waals surface area contributed by atoms with Gasteiger partial charge < -0.3 is 9.64 Å². The summed E-state index contributed by atoms with van der Waals surface area (Å²) in [6.07, 6.45) is 4.55. The van der Waals surface area contributed by atoms with Crippen molar-refractivity contribution in [3.05, 3.63) is 30.1 Å². The number of amides is 3. The second-order valence-electron chi connectivity index (χ2n) is 6.19. The van der Waals surface area contributed by atoms with Crippen LogP contribution < -0.4 is 4.74 Å². The minimum Gasteiger partial charge on any atom is -0.492 e. The van der Waals surface area contributed by atoms with E-state index in [4.69, 9.17) is 4.74 Å². The average molecular weight is 320 g/mol. The second-order valence-corrected chi connectivity index (χ2v) is 6.19. The van der Waals surface area contributed by atoms with Crippen LogP contribution in [0.2, 0.25) is 0 Å². The van der Waals surface area contributed by atoms with Gasteiger partial charge in [-0.3, -0.25) is 9.69 Å². The predicted octanol–water partition coefficient (Wildman–Crippen LogP) is 2.80. The van der Waals surface area contributed by atoms with Crippen LogP contribution in [-0.2, 0) is 4.79 Å². The maximum atomic E-state index is 12.8. The van der Waals surface area contributed by atoms with E-state index < -0.39 is 5.54 Å². The summed E-state index contributed by atoms with van der Waals surface area (Å²) < 4.78 is 18.3. The number of likely N-dealkylation sites (N-methyl/N-ethyl adjacent to an activating group) is 1. The molecule has 0 radical (unpaired) electrons. The monoisotopic (exact) mass is 320 g/mol. The van der Waals surface area contributed by atoms with Gasteiger partial charge in [0.25, 0.3) is 5.91 Å². The lowest BCUT2D eigenvalue weighted by molar-refractivity contribution is -0.134. The molecule has 0 aromatic heterocycles. The Balaban J connectivity index is 1.62. The van der Waals surface area contributed by atoms with E-state index in [2.05, 4.69) is 0 Å². The fourth-order valence-corrected chi connectivity index (χ4v) is 3.51. The number of nitrogens with zero attached hydrogens (tertiary/aromatic N) is 2. The molecule has 3 amide bonds. The molecule has 1 aliphatic heterocycles. The molecule has 1 saturated carbocycles. The number of carbonyl (C=O) groups is 2. The van der Waals surface area contributed by atoms with E-state index in [1.54, 1.807) is 11.9 Å². The fraction of sp³-hybridized carbons (Fsp3) is 0.529. The van der Waals surface area contributed by atoms with E-state index in [1.807, 2.05) is 0 Å². The second kappa shape index (κ2) is 6.18. The van der Waals surface area contributed by atoms with Gasteiger partial charge in [-0.15, -0.1) is 0 Å². The number of hydrogen-bond acceptors (Lipinski definition) is 3. The molecule has 23 heavy (non-hydrogen) atoms. The molecular weight excluding hydrogens is 299 g/mol. The summed E-state index contributed by atoms with van der Waals surface area (Å²) in [5.74, 6) is 0.0850. The lowest BCUT2D eigenvalue weighted by Crippen LogP contribution is -2.49. The molecule has 0 unspecified atom stereocenters. The summed E-state index contributed by atoms with van der Waals surface area (Å²) in [5, 5.41) is 0. The normalized spacial score (nSPS) is 20.4. The number of urea groups is 1. The molecule has 1 heterocycles. The topological polar surface area (TPSA) is 49.9 Å². The van der Waals surface area contributed by atoms with Gasteiger partial charge in [-0.2, -0.15) is 0 Å². The number of halogens is 1. The Morgan fingerprint density at radius 3 is 2.43 bits per heavy atom. The Morgan fingerprint density at radius 2 is 1.78 bits per heavy atom. The van der Waals surface area contributed by atoms with Gasteiger partial charge in [0, 0.05) is 7.05 Å². The van der Waals surface area contributed by atoms with E-state index in [1.165, 1.54) is 29.2 Å². The maximum absolute atomic E-state index is 12.8. The standard InChI is InChI=1S/C17H21FN2O3/c1-19-16(22)20(15(21)17(19)9-3-2-4-10-17)11-12-23-14-7-5-13(18)6-8-14/h5-8H,2-4,9-12H2,1H3. The molecule has 6 heteroatoms. The van der Waals surface area contributed by atoms with Crippen molar-refractivity contribution in [1.82, 2.24) is 9.80 Å². The Kier molecular flexibility index (Phi) is 4.24. The van der Waals surface area contributed by atoms with Gasteiger partial charge in [-0.05, 0) is 37.1 Å². The lowest BCUT2D eigenvalue weighted by Gasteiger charge is -2.35. The van der Waals surface area contributed by atoms with Crippen LogP contribution in [0.15, 0.2) is 24.3 Å². The molecular formula is C17H21FN2O3. The van der Waals surface area contributed by atoms with Gasteiger partial charge >= 0.3 is 6.03 Å². The van der Waals surface area contributed by atoms with Crippen molar-refractivity contribution in [3.63, 3.8) is 0 Å². The largest absolute Gasteiger partial charge is 0.492 e. The molecule has 1 aromatic carbocycles. The molecule has 1 aromatic rings. The van der Waals surface area contributed by atoms with Crippen LogP contribution in [0, 0.1) is 5.82 Å². The Bertz CT molecular complexity index is 596. The van der Waals surface area contributed by atoms with E-state index in [-0.39, 0.29) is 30.9 Å². The van der Waals surface area contributed by atoms with Gasteiger partial charge in [0.05, 0.1) is 6.54 Å². The summed E-state index contributed by atoms with van der Waals surface area (Å²) >= 11 is 0. The number of hydrogen-bond donors (Lipinski definition) is 0. The molecule has 0 atom stereocenters. The highest BCUT2D eigenvalue weighted by Crippen LogP contribution is 2.39. The lowest BCUT2D eigenvalue weighted by atomic mass is 9.81. The van der Waals surface area contributed by atoms with Gasteiger partial charge in [0.15, 0.2) is 0 Å². The quantitative estimate of drug-likeness (QED) is 0.802. The third-order valence-corrected chi connectivity index (χ3v) is 4.88. The molecule has 0 bridgehead atoms. The first-order valence-corrected chi connectivity index (χ1v) is 8.03. The minimum atomic E-state index is -0.648.